The third-order valence-corrected chi connectivity index (χ3v) is 1.75. The second kappa shape index (κ2) is 4.21. The van der Waals surface area contributed by atoms with Gasteiger partial charge in [0.05, 0.1) is 0 Å². The highest BCUT2D eigenvalue weighted by Gasteiger charge is 2.04. The van der Waals surface area contributed by atoms with E-state index in [1.54, 1.807) is 0 Å². The number of aromatic nitrogens is 2. The van der Waals surface area contributed by atoms with E-state index in [1.165, 1.54) is 0 Å². The van der Waals surface area contributed by atoms with Crippen LogP contribution in [-0.2, 0) is 0 Å². The molecule has 3 nitrogen and oxygen atoms in total. The third kappa shape index (κ3) is 2.68. The molecule has 1 aromatic heterocycles. The van der Waals surface area contributed by atoms with Crippen LogP contribution >= 0.6 is 0 Å². The lowest BCUT2D eigenvalue weighted by molar-refractivity contribution is 0.767. The molecule has 1 heterocycles. The summed E-state index contributed by atoms with van der Waals surface area (Å²) in [6.07, 6.45) is 0. The van der Waals surface area contributed by atoms with Crippen LogP contribution in [0.3, 0.4) is 0 Å². The van der Waals surface area contributed by atoms with Gasteiger partial charge in [0, 0.05) is 24.2 Å². The van der Waals surface area contributed by atoms with Gasteiger partial charge in [0.25, 0.3) is 0 Å². The average Bonchev–Trinajstić information content (AvgIpc) is 2.03. The SMILES string of the molecule is CCNc1cc(C)nc(C(C)C)n1. The predicted molar refractivity (Wildman–Crippen MR) is 55.0 cm³/mol. The standard InChI is InChI=1S/C10H17N3/c1-5-11-9-6-8(4)12-10(13-9)7(2)3/h6-7H,5H2,1-4H3,(H,11,12,13). The molecule has 0 spiro atoms. The van der Waals surface area contributed by atoms with Gasteiger partial charge in [0.2, 0.25) is 0 Å². The molecule has 1 rings (SSSR count). The Morgan fingerprint density at radius 1 is 1.38 bits per heavy atom. The van der Waals surface area contributed by atoms with E-state index in [0.717, 1.165) is 23.9 Å². The number of rotatable bonds is 3. The quantitative estimate of drug-likeness (QED) is 0.774. The Balaban J connectivity index is 2.96. The lowest BCUT2D eigenvalue weighted by atomic mass is 10.2. The molecule has 0 saturated carbocycles. The van der Waals surface area contributed by atoms with Crippen molar-refractivity contribution in [1.82, 2.24) is 9.97 Å². The summed E-state index contributed by atoms with van der Waals surface area (Å²) in [6, 6.07) is 1.97. The number of hydrogen-bond acceptors (Lipinski definition) is 3. The van der Waals surface area contributed by atoms with Crippen LogP contribution in [0.5, 0.6) is 0 Å². The Morgan fingerprint density at radius 3 is 2.62 bits per heavy atom. The number of hydrogen-bond donors (Lipinski definition) is 1. The van der Waals surface area contributed by atoms with E-state index in [0.29, 0.717) is 5.92 Å². The zero-order valence-electron chi connectivity index (χ0n) is 8.76. The topological polar surface area (TPSA) is 37.8 Å². The first-order valence-corrected chi connectivity index (χ1v) is 4.73. The fourth-order valence-electron chi connectivity index (χ4n) is 1.12. The van der Waals surface area contributed by atoms with Gasteiger partial charge in [-0.3, -0.25) is 0 Å². The summed E-state index contributed by atoms with van der Waals surface area (Å²) < 4.78 is 0. The molecule has 1 aromatic rings. The first kappa shape index (κ1) is 9.96. The van der Waals surface area contributed by atoms with Gasteiger partial charge in [0.15, 0.2) is 0 Å². The molecule has 0 aliphatic heterocycles. The van der Waals surface area contributed by atoms with Crippen LogP contribution in [0.15, 0.2) is 6.07 Å². The van der Waals surface area contributed by atoms with Crippen molar-refractivity contribution in [2.24, 2.45) is 0 Å². The largest absolute Gasteiger partial charge is 0.370 e. The van der Waals surface area contributed by atoms with E-state index in [9.17, 15) is 0 Å². The molecule has 0 bridgehead atoms. The molecule has 13 heavy (non-hydrogen) atoms. The summed E-state index contributed by atoms with van der Waals surface area (Å²) in [5.41, 5.74) is 1.02. The normalized spacial score (nSPS) is 10.5. The molecule has 0 unspecified atom stereocenters. The van der Waals surface area contributed by atoms with Crippen molar-refractivity contribution >= 4 is 5.82 Å². The zero-order valence-corrected chi connectivity index (χ0v) is 8.76. The van der Waals surface area contributed by atoms with Crippen molar-refractivity contribution < 1.29 is 0 Å². The van der Waals surface area contributed by atoms with E-state index in [-0.39, 0.29) is 0 Å². The molecule has 0 atom stereocenters. The fourth-order valence-corrected chi connectivity index (χ4v) is 1.12. The lowest BCUT2D eigenvalue weighted by Crippen LogP contribution is -2.05. The smallest absolute Gasteiger partial charge is 0.133 e. The minimum Gasteiger partial charge on any atom is -0.370 e. The number of nitrogens with zero attached hydrogens (tertiary/aromatic N) is 2. The van der Waals surface area contributed by atoms with Crippen molar-refractivity contribution in [2.45, 2.75) is 33.6 Å². The summed E-state index contributed by atoms with van der Waals surface area (Å²) in [6.45, 7) is 9.16. The maximum Gasteiger partial charge on any atom is 0.133 e. The van der Waals surface area contributed by atoms with Gasteiger partial charge in [-0.25, -0.2) is 9.97 Å². The highest BCUT2D eigenvalue weighted by atomic mass is 15.0. The maximum absolute atomic E-state index is 4.40. The van der Waals surface area contributed by atoms with Crippen LogP contribution in [0.2, 0.25) is 0 Å². The van der Waals surface area contributed by atoms with Crippen LogP contribution in [0.25, 0.3) is 0 Å². The molecule has 72 valence electrons. The molecule has 0 aliphatic rings. The second-order valence-electron chi connectivity index (χ2n) is 3.44. The summed E-state index contributed by atoms with van der Waals surface area (Å²) in [4.78, 5) is 8.77. The Labute approximate surface area is 79.6 Å². The number of nitrogens with one attached hydrogen (secondary N) is 1. The van der Waals surface area contributed by atoms with Crippen LogP contribution in [0, 0.1) is 6.92 Å². The van der Waals surface area contributed by atoms with E-state index in [2.05, 4.69) is 36.1 Å². The molecule has 0 saturated heterocycles. The Morgan fingerprint density at radius 2 is 2.08 bits per heavy atom. The van der Waals surface area contributed by atoms with E-state index in [4.69, 9.17) is 0 Å². The van der Waals surface area contributed by atoms with E-state index < -0.39 is 0 Å². The van der Waals surface area contributed by atoms with Gasteiger partial charge in [-0.1, -0.05) is 13.8 Å². The highest BCUT2D eigenvalue weighted by molar-refractivity contribution is 5.35. The van der Waals surface area contributed by atoms with Crippen molar-refractivity contribution in [1.29, 1.82) is 0 Å². The van der Waals surface area contributed by atoms with Gasteiger partial charge >= 0.3 is 0 Å². The van der Waals surface area contributed by atoms with E-state index in [1.807, 2.05) is 13.0 Å². The third-order valence-electron chi connectivity index (χ3n) is 1.75. The van der Waals surface area contributed by atoms with Gasteiger partial charge in [-0.2, -0.15) is 0 Å². The summed E-state index contributed by atoms with van der Waals surface area (Å²) in [5.74, 6) is 2.23. The molecule has 0 fully saturated rings. The molecular formula is C10H17N3. The first-order chi connectivity index (χ1) is 6.13. The second-order valence-corrected chi connectivity index (χ2v) is 3.44. The lowest BCUT2D eigenvalue weighted by Gasteiger charge is -2.08. The van der Waals surface area contributed by atoms with Crippen LogP contribution in [0.4, 0.5) is 5.82 Å². The van der Waals surface area contributed by atoms with Gasteiger partial charge in [0.1, 0.15) is 11.6 Å². The molecule has 0 radical (unpaired) electrons. The van der Waals surface area contributed by atoms with E-state index >= 15 is 0 Å². The van der Waals surface area contributed by atoms with Crippen LogP contribution in [0.1, 0.15) is 38.2 Å². The van der Waals surface area contributed by atoms with Gasteiger partial charge in [-0.05, 0) is 13.8 Å². The summed E-state index contributed by atoms with van der Waals surface area (Å²) in [5, 5.41) is 3.19. The highest BCUT2D eigenvalue weighted by Crippen LogP contribution is 2.12. The Bertz CT molecular complexity index is 281. The average molecular weight is 179 g/mol. The number of aryl methyl sites for hydroxylation is 1. The minimum atomic E-state index is 0.386. The molecule has 0 amide bonds. The zero-order chi connectivity index (χ0) is 9.84. The summed E-state index contributed by atoms with van der Waals surface area (Å²) >= 11 is 0. The Hall–Kier alpha value is -1.12. The number of anilines is 1. The molecule has 3 heteroatoms. The fraction of sp³-hybridized carbons (Fsp3) is 0.600. The first-order valence-electron chi connectivity index (χ1n) is 4.73. The molecular weight excluding hydrogens is 162 g/mol. The van der Waals surface area contributed by atoms with Crippen LogP contribution < -0.4 is 5.32 Å². The van der Waals surface area contributed by atoms with Crippen molar-refractivity contribution in [3.63, 3.8) is 0 Å². The molecule has 1 N–H and O–H groups in total. The summed E-state index contributed by atoms with van der Waals surface area (Å²) in [7, 11) is 0. The van der Waals surface area contributed by atoms with Crippen molar-refractivity contribution in [2.75, 3.05) is 11.9 Å². The van der Waals surface area contributed by atoms with Crippen molar-refractivity contribution in [3.05, 3.63) is 17.6 Å². The Kier molecular flexibility index (Phi) is 3.23. The van der Waals surface area contributed by atoms with Crippen LogP contribution in [-0.4, -0.2) is 16.5 Å². The van der Waals surface area contributed by atoms with Crippen molar-refractivity contribution in [3.8, 4) is 0 Å². The van der Waals surface area contributed by atoms with Gasteiger partial charge in [-0.15, -0.1) is 0 Å². The predicted octanol–water partition coefficient (Wildman–Crippen LogP) is 2.34. The molecule has 0 aromatic carbocycles. The maximum atomic E-state index is 4.40. The monoisotopic (exact) mass is 179 g/mol. The molecule has 0 aliphatic carbocycles. The minimum absolute atomic E-state index is 0.386. The van der Waals surface area contributed by atoms with Gasteiger partial charge < -0.3 is 5.32 Å².